The normalized spacial score (nSPS) is 25.2. The number of benzene rings is 1. The van der Waals surface area contributed by atoms with Crippen molar-refractivity contribution in [2.75, 3.05) is 6.26 Å². The predicted octanol–water partition coefficient (Wildman–Crippen LogP) is 5.05. The Hall–Kier alpha value is -0.180. The van der Waals surface area contributed by atoms with E-state index in [0.717, 1.165) is 16.7 Å². The van der Waals surface area contributed by atoms with E-state index in [1.54, 1.807) is 0 Å². The van der Waals surface area contributed by atoms with Crippen LogP contribution in [0.3, 0.4) is 0 Å². The van der Waals surface area contributed by atoms with Gasteiger partial charge >= 0.3 is 0 Å². The Balaban J connectivity index is 2.05. The first-order chi connectivity index (χ1) is 9.24. The van der Waals surface area contributed by atoms with Crippen LogP contribution in [0, 0.1) is 0 Å². The van der Waals surface area contributed by atoms with Crippen molar-refractivity contribution in [1.82, 2.24) is 5.32 Å². The van der Waals surface area contributed by atoms with Gasteiger partial charge in [0.05, 0.1) is 0 Å². The van der Waals surface area contributed by atoms with E-state index < -0.39 is 0 Å². The van der Waals surface area contributed by atoms with Crippen molar-refractivity contribution in [3.8, 4) is 0 Å². The molecule has 0 bridgehead atoms. The third-order valence-corrected chi connectivity index (χ3v) is 5.48. The zero-order valence-corrected chi connectivity index (χ0v) is 13.4. The van der Waals surface area contributed by atoms with Gasteiger partial charge in [0.15, 0.2) is 0 Å². The van der Waals surface area contributed by atoms with Gasteiger partial charge in [0.25, 0.3) is 0 Å². The summed E-state index contributed by atoms with van der Waals surface area (Å²) in [5.41, 5.74) is 1.32. The molecule has 3 atom stereocenters. The van der Waals surface area contributed by atoms with Crippen molar-refractivity contribution in [3.05, 3.63) is 34.9 Å². The molecule has 3 heteroatoms. The third kappa shape index (κ3) is 4.14. The third-order valence-electron chi connectivity index (χ3n) is 4.08. The summed E-state index contributed by atoms with van der Waals surface area (Å²) in [6, 6.07) is 9.35. The number of hydrogen-bond acceptors (Lipinski definition) is 2. The van der Waals surface area contributed by atoms with Crippen LogP contribution < -0.4 is 5.32 Å². The fourth-order valence-electron chi connectivity index (χ4n) is 3.00. The molecule has 1 aliphatic rings. The molecule has 1 nitrogen and oxygen atoms in total. The minimum Gasteiger partial charge on any atom is -0.306 e. The van der Waals surface area contributed by atoms with E-state index in [-0.39, 0.29) is 0 Å². The summed E-state index contributed by atoms with van der Waals surface area (Å²) < 4.78 is 0. The van der Waals surface area contributed by atoms with Gasteiger partial charge in [-0.05, 0) is 43.2 Å². The first-order valence-corrected chi connectivity index (χ1v) is 8.95. The zero-order chi connectivity index (χ0) is 13.7. The second kappa shape index (κ2) is 7.56. The molecular formula is C16H24ClNS. The van der Waals surface area contributed by atoms with Crippen molar-refractivity contribution >= 4 is 23.4 Å². The van der Waals surface area contributed by atoms with Gasteiger partial charge in [-0.15, -0.1) is 0 Å². The van der Waals surface area contributed by atoms with Gasteiger partial charge in [0.2, 0.25) is 0 Å². The van der Waals surface area contributed by atoms with Crippen molar-refractivity contribution in [2.45, 2.75) is 56.4 Å². The van der Waals surface area contributed by atoms with Gasteiger partial charge in [0.1, 0.15) is 0 Å². The van der Waals surface area contributed by atoms with Crippen molar-refractivity contribution in [3.63, 3.8) is 0 Å². The van der Waals surface area contributed by atoms with E-state index in [1.165, 1.54) is 31.2 Å². The second-order valence-electron chi connectivity index (χ2n) is 5.35. The van der Waals surface area contributed by atoms with Gasteiger partial charge < -0.3 is 5.32 Å². The van der Waals surface area contributed by atoms with Crippen molar-refractivity contribution in [2.24, 2.45) is 0 Å². The molecule has 1 saturated carbocycles. The lowest BCUT2D eigenvalue weighted by Gasteiger charge is -2.34. The lowest BCUT2D eigenvalue weighted by molar-refractivity contribution is 0.343. The monoisotopic (exact) mass is 297 g/mol. The summed E-state index contributed by atoms with van der Waals surface area (Å²) in [6.45, 7) is 2.25. The highest BCUT2D eigenvalue weighted by atomic mass is 35.5. The number of halogens is 1. The lowest BCUT2D eigenvalue weighted by Crippen LogP contribution is -2.42. The van der Waals surface area contributed by atoms with E-state index in [9.17, 15) is 0 Å². The average molecular weight is 298 g/mol. The van der Waals surface area contributed by atoms with Crippen molar-refractivity contribution < 1.29 is 0 Å². The summed E-state index contributed by atoms with van der Waals surface area (Å²) in [4.78, 5) is 0. The van der Waals surface area contributed by atoms with Gasteiger partial charge in [-0.2, -0.15) is 11.8 Å². The van der Waals surface area contributed by atoms with Crippen LogP contribution in [0.1, 0.15) is 50.6 Å². The number of thioether (sulfide) groups is 1. The van der Waals surface area contributed by atoms with Crippen LogP contribution in [-0.2, 0) is 0 Å². The van der Waals surface area contributed by atoms with Crippen LogP contribution in [0.5, 0.6) is 0 Å². The topological polar surface area (TPSA) is 12.0 Å². The maximum Gasteiger partial charge on any atom is 0.0409 e. The molecule has 0 aliphatic heterocycles. The molecule has 106 valence electrons. The van der Waals surface area contributed by atoms with Gasteiger partial charge in [0, 0.05) is 22.4 Å². The quantitative estimate of drug-likeness (QED) is 0.816. The fraction of sp³-hybridized carbons (Fsp3) is 0.625. The van der Waals surface area contributed by atoms with Crippen LogP contribution in [0.15, 0.2) is 24.3 Å². The molecule has 1 aromatic rings. The first-order valence-electron chi connectivity index (χ1n) is 7.29. The highest BCUT2D eigenvalue weighted by Crippen LogP contribution is 2.30. The van der Waals surface area contributed by atoms with E-state index >= 15 is 0 Å². The van der Waals surface area contributed by atoms with E-state index in [2.05, 4.69) is 36.7 Å². The Kier molecular flexibility index (Phi) is 6.06. The van der Waals surface area contributed by atoms with Crippen LogP contribution >= 0.6 is 23.4 Å². The Labute approximate surface area is 126 Å². The van der Waals surface area contributed by atoms with Crippen molar-refractivity contribution in [1.29, 1.82) is 0 Å². The summed E-state index contributed by atoms with van der Waals surface area (Å²) in [5.74, 6) is 0. The van der Waals surface area contributed by atoms with Crippen LogP contribution in [0.4, 0.5) is 0 Å². The van der Waals surface area contributed by atoms with E-state index in [1.807, 2.05) is 17.8 Å². The Morgan fingerprint density at radius 2 is 2.16 bits per heavy atom. The molecule has 1 aromatic carbocycles. The molecule has 0 spiro atoms. The smallest absolute Gasteiger partial charge is 0.0409 e. The molecule has 1 fully saturated rings. The molecule has 2 rings (SSSR count). The molecule has 3 unspecified atom stereocenters. The SMILES string of the molecule is CCC(NC1CCCCC1SC)c1cccc(Cl)c1. The number of rotatable bonds is 5. The summed E-state index contributed by atoms with van der Waals surface area (Å²) >= 11 is 8.13. The second-order valence-corrected chi connectivity index (χ2v) is 6.86. The highest BCUT2D eigenvalue weighted by Gasteiger charge is 2.26. The van der Waals surface area contributed by atoms with Gasteiger partial charge in [-0.3, -0.25) is 0 Å². The minimum absolute atomic E-state index is 0.427. The molecule has 0 amide bonds. The Bertz CT molecular complexity index is 396. The summed E-state index contributed by atoms with van der Waals surface area (Å²) in [7, 11) is 0. The maximum absolute atomic E-state index is 6.11. The Morgan fingerprint density at radius 3 is 2.84 bits per heavy atom. The summed E-state index contributed by atoms with van der Waals surface area (Å²) in [6.07, 6.45) is 8.76. The standard InChI is InChI=1S/C16H24ClNS/c1-3-14(12-7-6-8-13(17)11-12)18-15-9-4-5-10-16(15)19-2/h6-8,11,14-16,18H,3-5,9-10H2,1-2H3. The molecule has 0 saturated heterocycles. The minimum atomic E-state index is 0.427. The van der Waals surface area contributed by atoms with Crippen LogP contribution in [0.2, 0.25) is 5.02 Å². The molecule has 0 heterocycles. The number of hydrogen-bond donors (Lipinski definition) is 1. The zero-order valence-electron chi connectivity index (χ0n) is 11.9. The first kappa shape index (κ1) is 15.2. The Morgan fingerprint density at radius 1 is 1.37 bits per heavy atom. The van der Waals surface area contributed by atoms with E-state index in [0.29, 0.717) is 12.1 Å². The van der Waals surface area contributed by atoms with Crippen LogP contribution in [0.25, 0.3) is 0 Å². The lowest BCUT2D eigenvalue weighted by atomic mass is 9.93. The summed E-state index contributed by atoms with van der Waals surface area (Å²) in [5, 5.41) is 5.47. The number of nitrogens with one attached hydrogen (secondary N) is 1. The molecule has 1 aliphatic carbocycles. The highest BCUT2D eigenvalue weighted by molar-refractivity contribution is 7.99. The molecule has 1 N–H and O–H groups in total. The average Bonchev–Trinajstić information content (AvgIpc) is 2.45. The van der Waals surface area contributed by atoms with Gasteiger partial charge in [-0.25, -0.2) is 0 Å². The van der Waals surface area contributed by atoms with Gasteiger partial charge in [-0.1, -0.05) is 43.5 Å². The predicted molar refractivity (Wildman–Crippen MR) is 87.2 cm³/mol. The molecule has 0 radical (unpaired) electrons. The largest absolute Gasteiger partial charge is 0.306 e. The van der Waals surface area contributed by atoms with E-state index in [4.69, 9.17) is 11.6 Å². The van der Waals surface area contributed by atoms with Crippen LogP contribution in [-0.4, -0.2) is 17.5 Å². The maximum atomic E-state index is 6.11. The molecular weight excluding hydrogens is 274 g/mol. The molecule has 0 aromatic heterocycles. The fourth-order valence-corrected chi connectivity index (χ4v) is 4.15. The molecule has 19 heavy (non-hydrogen) atoms.